The second-order valence-electron chi connectivity index (χ2n) is 5.42. The third-order valence-corrected chi connectivity index (χ3v) is 4.05. The van der Waals surface area contributed by atoms with Gasteiger partial charge in [-0.05, 0) is 73.5 Å². The molecule has 2 aromatic carbocycles. The minimum atomic E-state index is -0.00569. The summed E-state index contributed by atoms with van der Waals surface area (Å²) in [7, 11) is 0. The highest BCUT2D eigenvalue weighted by Gasteiger charge is 2.08. The van der Waals surface area contributed by atoms with Gasteiger partial charge in [0.25, 0.3) is 5.56 Å². The van der Waals surface area contributed by atoms with Crippen LogP contribution >= 0.6 is 0 Å². The SMILES string of the molecule is Cc1cc2[nH]c(=O)c3cc(C)c(C)cc3c2cc1C. The molecule has 3 rings (SSSR count). The molecule has 0 saturated heterocycles. The number of aromatic nitrogens is 1. The van der Waals surface area contributed by atoms with Crippen molar-refractivity contribution in [2.24, 2.45) is 0 Å². The Bertz CT molecular complexity index is 872. The topological polar surface area (TPSA) is 32.9 Å². The van der Waals surface area contributed by atoms with Crippen LogP contribution in [0.25, 0.3) is 21.7 Å². The summed E-state index contributed by atoms with van der Waals surface area (Å²) in [6.45, 7) is 8.30. The van der Waals surface area contributed by atoms with Gasteiger partial charge in [0.05, 0.1) is 0 Å². The van der Waals surface area contributed by atoms with Gasteiger partial charge in [-0.3, -0.25) is 4.79 Å². The fourth-order valence-electron chi connectivity index (χ4n) is 2.56. The molecule has 0 unspecified atom stereocenters. The van der Waals surface area contributed by atoms with Crippen LogP contribution in [0.5, 0.6) is 0 Å². The lowest BCUT2D eigenvalue weighted by molar-refractivity contribution is 1.29. The molecule has 0 saturated carbocycles. The Labute approximate surface area is 112 Å². The molecule has 0 aliphatic heterocycles. The largest absolute Gasteiger partial charge is 0.321 e. The molecule has 19 heavy (non-hydrogen) atoms. The maximum Gasteiger partial charge on any atom is 0.256 e. The molecular weight excluding hydrogens is 234 g/mol. The molecule has 2 heteroatoms. The van der Waals surface area contributed by atoms with E-state index in [1.165, 1.54) is 16.7 Å². The van der Waals surface area contributed by atoms with E-state index in [1.807, 2.05) is 13.0 Å². The van der Waals surface area contributed by atoms with Crippen LogP contribution in [0.4, 0.5) is 0 Å². The smallest absolute Gasteiger partial charge is 0.256 e. The quantitative estimate of drug-likeness (QED) is 0.604. The average molecular weight is 251 g/mol. The molecule has 1 N–H and O–H groups in total. The van der Waals surface area contributed by atoms with Gasteiger partial charge < -0.3 is 4.98 Å². The van der Waals surface area contributed by atoms with Crippen LogP contribution in [0, 0.1) is 27.7 Å². The Morgan fingerprint density at radius 1 is 0.684 bits per heavy atom. The summed E-state index contributed by atoms with van der Waals surface area (Å²) < 4.78 is 0. The third kappa shape index (κ3) is 1.75. The van der Waals surface area contributed by atoms with Crippen molar-refractivity contribution >= 4 is 21.7 Å². The zero-order chi connectivity index (χ0) is 13.7. The summed E-state index contributed by atoms with van der Waals surface area (Å²) in [5.41, 5.74) is 5.74. The molecule has 0 spiro atoms. The summed E-state index contributed by atoms with van der Waals surface area (Å²) >= 11 is 0. The second kappa shape index (κ2) is 3.95. The van der Waals surface area contributed by atoms with Crippen molar-refractivity contribution in [3.8, 4) is 0 Å². The van der Waals surface area contributed by atoms with Gasteiger partial charge in [0.1, 0.15) is 0 Å². The van der Waals surface area contributed by atoms with Gasteiger partial charge in [-0.2, -0.15) is 0 Å². The highest BCUT2D eigenvalue weighted by molar-refractivity contribution is 6.06. The van der Waals surface area contributed by atoms with Crippen molar-refractivity contribution in [2.75, 3.05) is 0 Å². The van der Waals surface area contributed by atoms with E-state index >= 15 is 0 Å². The normalized spacial score (nSPS) is 11.4. The molecule has 2 nitrogen and oxygen atoms in total. The zero-order valence-electron chi connectivity index (χ0n) is 11.7. The molecule has 0 radical (unpaired) electrons. The van der Waals surface area contributed by atoms with Gasteiger partial charge in [0, 0.05) is 16.3 Å². The van der Waals surface area contributed by atoms with Crippen molar-refractivity contribution < 1.29 is 0 Å². The maximum absolute atomic E-state index is 12.2. The van der Waals surface area contributed by atoms with E-state index in [9.17, 15) is 4.79 Å². The lowest BCUT2D eigenvalue weighted by atomic mass is 9.98. The van der Waals surface area contributed by atoms with E-state index in [0.29, 0.717) is 0 Å². The Morgan fingerprint density at radius 3 is 1.79 bits per heavy atom. The molecular formula is C17H17NO. The fourth-order valence-corrected chi connectivity index (χ4v) is 2.56. The highest BCUT2D eigenvalue weighted by atomic mass is 16.1. The Kier molecular flexibility index (Phi) is 2.49. The molecule has 1 heterocycles. The van der Waals surface area contributed by atoms with Crippen molar-refractivity contribution in [3.05, 3.63) is 56.9 Å². The Morgan fingerprint density at radius 2 is 1.16 bits per heavy atom. The predicted molar refractivity (Wildman–Crippen MR) is 81.0 cm³/mol. The number of hydrogen-bond acceptors (Lipinski definition) is 1. The molecule has 3 aromatic rings. The van der Waals surface area contributed by atoms with E-state index < -0.39 is 0 Å². The van der Waals surface area contributed by atoms with Crippen LogP contribution in [0.1, 0.15) is 22.3 Å². The first kappa shape index (κ1) is 12.0. The minimum Gasteiger partial charge on any atom is -0.321 e. The average Bonchev–Trinajstić information content (AvgIpc) is 2.35. The van der Waals surface area contributed by atoms with Crippen LogP contribution in [-0.2, 0) is 0 Å². The Balaban J connectivity index is 2.61. The van der Waals surface area contributed by atoms with E-state index in [-0.39, 0.29) is 5.56 Å². The second-order valence-corrected chi connectivity index (χ2v) is 5.42. The first-order valence-corrected chi connectivity index (χ1v) is 6.51. The summed E-state index contributed by atoms with van der Waals surface area (Å²) in [6, 6.07) is 8.33. The zero-order valence-corrected chi connectivity index (χ0v) is 11.7. The van der Waals surface area contributed by atoms with Gasteiger partial charge in [0.2, 0.25) is 0 Å². The summed E-state index contributed by atoms with van der Waals surface area (Å²) in [6.07, 6.45) is 0. The molecule has 0 amide bonds. The van der Waals surface area contributed by atoms with E-state index in [0.717, 1.165) is 27.2 Å². The van der Waals surface area contributed by atoms with Crippen LogP contribution < -0.4 is 5.56 Å². The number of hydrogen-bond donors (Lipinski definition) is 1. The molecule has 96 valence electrons. The van der Waals surface area contributed by atoms with E-state index in [2.05, 4.69) is 44.0 Å². The molecule has 0 atom stereocenters. The summed E-state index contributed by atoms with van der Waals surface area (Å²) in [5.74, 6) is 0. The first-order chi connectivity index (χ1) is 8.97. The summed E-state index contributed by atoms with van der Waals surface area (Å²) in [4.78, 5) is 15.2. The van der Waals surface area contributed by atoms with Gasteiger partial charge in [-0.1, -0.05) is 6.07 Å². The first-order valence-electron chi connectivity index (χ1n) is 6.51. The molecule has 0 fully saturated rings. The minimum absolute atomic E-state index is 0.00569. The fraction of sp³-hybridized carbons (Fsp3) is 0.235. The van der Waals surface area contributed by atoms with Gasteiger partial charge >= 0.3 is 0 Å². The van der Waals surface area contributed by atoms with Gasteiger partial charge in [0.15, 0.2) is 0 Å². The van der Waals surface area contributed by atoms with E-state index in [4.69, 9.17) is 0 Å². The van der Waals surface area contributed by atoms with Crippen molar-refractivity contribution in [1.29, 1.82) is 0 Å². The number of aryl methyl sites for hydroxylation is 4. The lowest BCUT2D eigenvalue weighted by Crippen LogP contribution is -2.07. The van der Waals surface area contributed by atoms with Crippen molar-refractivity contribution in [1.82, 2.24) is 4.98 Å². The third-order valence-electron chi connectivity index (χ3n) is 4.05. The Hall–Kier alpha value is -2.09. The molecule has 0 bridgehead atoms. The van der Waals surface area contributed by atoms with Crippen molar-refractivity contribution in [3.63, 3.8) is 0 Å². The standard InChI is InChI=1S/C17H17NO/c1-9-5-13-14-6-10(2)12(4)8-16(14)18-17(19)15(13)7-11(9)3/h5-8H,1-4H3,(H,18,19). The van der Waals surface area contributed by atoms with E-state index in [1.54, 1.807) is 0 Å². The maximum atomic E-state index is 12.2. The number of pyridine rings is 1. The van der Waals surface area contributed by atoms with Crippen LogP contribution in [0.2, 0.25) is 0 Å². The van der Waals surface area contributed by atoms with Gasteiger partial charge in [-0.15, -0.1) is 0 Å². The number of aromatic amines is 1. The summed E-state index contributed by atoms with van der Waals surface area (Å²) in [5, 5.41) is 2.95. The van der Waals surface area contributed by atoms with Gasteiger partial charge in [-0.25, -0.2) is 0 Å². The van der Waals surface area contributed by atoms with Crippen molar-refractivity contribution in [2.45, 2.75) is 27.7 Å². The lowest BCUT2D eigenvalue weighted by Gasteiger charge is -2.09. The number of nitrogens with one attached hydrogen (secondary N) is 1. The number of benzene rings is 2. The molecule has 0 aliphatic carbocycles. The molecule has 0 aliphatic rings. The monoisotopic (exact) mass is 251 g/mol. The van der Waals surface area contributed by atoms with Crippen LogP contribution in [0.15, 0.2) is 29.1 Å². The number of rotatable bonds is 0. The molecule has 1 aromatic heterocycles. The highest BCUT2D eigenvalue weighted by Crippen LogP contribution is 2.26. The predicted octanol–water partition coefficient (Wildman–Crippen LogP) is 3.91. The number of H-pyrrole nitrogens is 1. The van der Waals surface area contributed by atoms with Crippen LogP contribution in [-0.4, -0.2) is 4.98 Å². The van der Waals surface area contributed by atoms with Crippen LogP contribution in [0.3, 0.4) is 0 Å². The number of fused-ring (bicyclic) bond motifs is 3.